The van der Waals surface area contributed by atoms with E-state index in [1.807, 2.05) is 0 Å². The fourth-order valence-electron chi connectivity index (χ4n) is 0. The van der Waals surface area contributed by atoms with Crippen LogP contribution in [0.5, 0.6) is 0 Å². The van der Waals surface area contributed by atoms with E-state index in [0.717, 1.165) is 0 Å². The molecule has 0 aromatic carbocycles. The quantitative estimate of drug-likeness (QED) is 0.567. The van der Waals surface area contributed by atoms with E-state index in [0.29, 0.717) is 0 Å². The smallest absolute Gasteiger partial charge is 0.346 e. The molecule has 0 fully saturated rings. The van der Waals surface area contributed by atoms with Gasteiger partial charge in [-0.25, -0.2) is 0 Å². The molecule has 0 radical (unpaired) electrons. The molecule has 0 unspecified atom stereocenters. The van der Waals surface area contributed by atoms with Crippen molar-refractivity contribution < 1.29 is 21.1 Å². The molecule has 0 aliphatic heterocycles. The summed E-state index contributed by atoms with van der Waals surface area (Å²) in [6.07, 6.45) is 0. The van der Waals surface area contributed by atoms with Crippen molar-refractivity contribution in [3.05, 3.63) is 13.8 Å². The summed E-state index contributed by atoms with van der Waals surface area (Å²) in [5.74, 6) is 0. The maximum absolute atomic E-state index is 3.25. The largest absolute Gasteiger partial charge is 2.00 e. The minimum absolute atomic E-state index is 0. The second-order valence-corrected chi connectivity index (χ2v) is 0. The van der Waals surface area contributed by atoms with Gasteiger partial charge in [0, 0.05) is 0 Å². The zero-order valence-electron chi connectivity index (χ0n) is 3.82. The van der Waals surface area contributed by atoms with Gasteiger partial charge in [0.2, 0.25) is 0 Å². The van der Waals surface area contributed by atoms with Gasteiger partial charge in [0.1, 0.15) is 0 Å². The molecule has 0 N–H and O–H groups in total. The minimum Gasteiger partial charge on any atom is -0.346 e. The van der Waals surface area contributed by atoms with Crippen molar-refractivity contribution in [2.24, 2.45) is 0 Å². The third kappa shape index (κ3) is 71.5. The van der Waals surface area contributed by atoms with Crippen LogP contribution < -0.4 is 0 Å². The summed E-state index contributed by atoms with van der Waals surface area (Å²) in [5, 5.41) is 0. The van der Waals surface area contributed by atoms with Crippen LogP contribution in [0.25, 0.3) is 0 Å². The van der Waals surface area contributed by atoms with Gasteiger partial charge < -0.3 is 13.8 Å². The summed E-state index contributed by atoms with van der Waals surface area (Å²) in [4.78, 5) is 0. The van der Waals surface area contributed by atoms with Gasteiger partial charge in [-0.1, -0.05) is 0 Å². The maximum Gasteiger partial charge on any atom is 2.00 e. The Bertz CT molecular complexity index is 3.61. The Morgan fingerprint density at radius 2 is 0.800 bits per heavy atom. The van der Waals surface area contributed by atoms with Crippen molar-refractivity contribution in [3.8, 4) is 0 Å². The van der Waals surface area contributed by atoms with E-state index in [9.17, 15) is 0 Å². The summed E-state index contributed by atoms with van der Waals surface area (Å²) in [6.45, 7) is 10.0. The zero-order chi connectivity index (χ0) is 4.00. The topological polar surface area (TPSA) is 0 Å². The second-order valence-electron chi connectivity index (χ2n) is 0. The molecule has 0 rings (SSSR count). The van der Waals surface area contributed by atoms with Crippen molar-refractivity contribution >= 4 is 0 Å². The summed E-state index contributed by atoms with van der Waals surface area (Å²) in [5.41, 5.74) is 0. The van der Waals surface area contributed by atoms with E-state index in [2.05, 4.69) is 13.8 Å². The Morgan fingerprint density at radius 3 is 0.800 bits per heavy atom. The Morgan fingerprint density at radius 1 is 0.800 bits per heavy atom. The average molecular weight is 242 g/mol. The van der Waals surface area contributed by atoms with E-state index in [4.69, 9.17) is 0 Å². The maximum atomic E-state index is 3.25. The van der Waals surface area contributed by atoms with E-state index >= 15 is 0 Å². The molecule has 1 heteroatoms. The van der Waals surface area contributed by atoms with Crippen molar-refractivity contribution in [3.63, 3.8) is 0 Å². The SMILES string of the molecule is [CH2-]C.[CH2-]C.[W+2]. The number of hydrogen-bond acceptors (Lipinski definition) is 0. The molecule has 0 saturated heterocycles. The molecular formula is C4H10W. The normalized spacial score (nSPS) is 2.40. The first-order chi connectivity index (χ1) is 2.00. The van der Waals surface area contributed by atoms with Crippen LogP contribution in [0.2, 0.25) is 0 Å². The molecule has 0 nitrogen and oxygen atoms in total. The van der Waals surface area contributed by atoms with E-state index in [1.165, 1.54) is 0 Å². The zero-order valence-corrected chi connectivity index (χ0v) is 6.76. The Hall–Kier alpha value is 0.688. The number of rotatable bonds is 0. The third-order valence-corrected chi connectivity index (χ3v) is 0. The van der Waals surface area contributed by atoms with Crippen molar-refractivity contribution in [1.29, 1.82) is 0 Å². The first-order valence-corrected chi connectivity index (χ1v) is 1.41. The standard InChI is InChI=1S/2C2H5.W/c2*1-2;/h2*1H2,2H3;/q2*-1;+2. The molecule has 0 aliphatic carbocycles. The van der Waals surface area contributed by atoms with Gasteiger partial charge in [-0.3, -0.25) is 0 Å². The Labute approximate surface area is 49.2 Å². The first kappa shape index (κ1) is 17.3. The summed E-state index contributed by atoms with van der Waals surface area (Å²) < 4.78 is 0. The molecule has 0 bridgehead atoms. The molecule has 0 aromatic rings. The molecule has 0 spiro atoms. The molecular weight excluding hydrogens is 232 g/mol. The molecule has 0 heterocycles. The minimum atomic E-state index is 0. The Kier molecular flexibility index (Phi) is 466. The fraction of sp³-hybridized carbons (Fsp3) is 0.500. The monoisotopic (exact) mass is 242 g/mol. The van der Waals surface area contributed by atoms with Crippen LogP contribution in [0, 0.1) is 13.8 Å². The third-order valence-electron chi connectivity index (χ3n) is 0. The second kappa shape index (κ2) is 135. The van der Waals surface area contributed by atoms with Crippen LogP contribution in [0.4, 0.5) is 0 Å². The first-order valence-electron chi connectivity index (χ1n) is 1.41. The summed E-state index contributed by atoms with van der Waals surface area (Å²) in [7, 11) is 0. The molecule has 5 heavy (non-hydrogen) atoms. The molecule has 32 valence electrons. The van der Waals surface area contributed by atoms with Gasteiger partial charge >= 0.3 is 21.1 Å². The number of hydrogen-bond donors (Lipinski definition) is 0. The predicted molar refractivity (Wildman–Crippen MR) is 22.1 cm³/mol. The van der Waals surface area contributed by atoms with E-state index < -0.39 is 0 Å². The van der Waals surface area contributed by atoms with Crippen LogP contribution in [0.15, 0.2) is 0 Å². The van der Waals surface area contributed by atoms with Gasteiger partial charge in [0.25, 0.3) is 0 Å². The van der Waals surface area contributed by atoms with Gasteiger partial charge in [0.15, 0.2) is 0 Å². The van der Waals surface area contributed by atoms with Gasteiger partial charge in [-0.05, 0) is 0 Å². The fourth-order valence-corrected chi connectivity index (χ4v) is 0. The van der Waals surface area contributed by atoms with Crippen molar-refractivity contribution in [2.75, 3.05) is 0 Å². The Balaban J connectivity index is -0.0000000133. The average Bonchev–Trinajstić information content (AvgIpc) is 1.50. The van der Waals surface area contributed by atoms with E-state index in [-0.39, 0.29) is 21.1 Å². The van der Waals surface area contributed by atoms with Crippen molar-refractivity contribution in [1.82, 2.24) is 0 Å². The van der Waals surface area contributed by atoms with Crippen LogP contribution in [-0.4, -0.2) is 0 Å². The molecule has 0 aliphatic rings. The predicted octanol–water partition coefficient (Wildman–Crippen LogP) is 1.68. The van der Waals surface area contributed by atoms with Crippen LogP contribution in [-0.2, 0) is 21.1 Å². The summed E-state index contributed by atoms with van der Waals surface area (Å²) in [6, 6.07) is 0. The van der Waals surface area contributed by atoms with Crippen molar-refractivity contribution in [2.45, 2.75) is 13.8 Å². The van der Waals surface area contributed by atoms with Crippen LogP contribution in [0.3, 0.4) is 0 Å². The van der Waals surface area contributed by atoms with Gasteiger partial charge in [-0.15, -0.1) is 0 Å². The van der Waals surface area contributed by atoms with Crippen LogP contribution in [0.1, 0.15) is 13.8 Å². The molecule has 0 aromatic heterocycles. The molecule has 0 saturated carbocycles. The molecule has 0 atom stereocenters. The molecule has 0 amide bonds. The van der Waals surface area contributed by atoms with Crippen LogP contribution >= 0.6 is 0 Å². The summed E-state index contributed by atoms with van der Waals surface area (Å²) >= 11 is 0. The van der Waals surface area contributed by atoms with E-state index in [1.54, 1.807) is 13.8 Å². The van der Waals surface area contributed by atoms with Gasteiger partial charge in [-0.2, -0.15) is 13.8 Å². The van der Waals surface area contributed by atoms with Gasteiger partial charge in [0.05, 0.1) is 0 Å².